The molecule has 2 aromatic carbocycles. The van der Waals surface area contributed by atoms with Crippen molar-refractivity contribution in [2.24, 2.45) is 0 Å². The maximum absolute atomic E-state index is 11.9. The molecule has 6 heteroatoms. The maximum Gasteiger partial charge on any atom is 0.306 e. The fourth-order valence-corrected chi connectivity index (χ4v) is 2.66. The molecule has 0 saturated heterocycles. The van der Waals surface area contributed by atoms with Gasteiger partial charge in [0.1, 0.15) is 0 Å². The van der Waals surface area contributed by atoms with Crippen LogP contribution in [0.3, 0.4) is 0 Å². The summed E-state index contributed by atoms with van der Waals surface area (Å²) in [5.74, 6) is 0.669. The Labute approximate surface area is 152 Å². The van der Waals surface area contributed by atoms with E-state index in [-0.39, 0.29) is 37.6 Å². The molecule has 0 aromatic heterocycles. The number of fused-ring (bicyclic) bond motifs is 1. The third-order valence-corrected chi connectivity index (χ3v) is 4.13. The van der Waals surface area contributed by atoms with Crippen molar-refractivity contribution in [3.8, 4) is 11.5 Å². The van der Waals surface area contributed by atoms with Gasteiger partial charge in [-0.2, -0.15) is 0 Å². The number of carbonyl (C=O) groups excluding carboxylic acids is 2. The highest BCUT2D eigenvalue weighted by Gasteiger charge is 2.15. The first-order valence-corrected chi connectivity index (χ1v) is 8.47. The zero-order valence-electron chi connectivity index (χ0n) is 14.6. The number of hydrogen-bond acceptors (Lipinski definition) is 5. The van der Waals surface area contributed by atoms with Gasteiger partial charge in [0.25, 0.3) is 5.91 Å². The molecule has 26 heavy (non-hydrogen) atoms. The Morgan fingerprint density at radius 2 is 1.88 bits per heavy atom. The minimum Gasteiger partial charge on any atom is -0.456 e. The number of esters is 1. The van der Waals surface area contributed by atoms with Crippen molar-refractivity contribution in [2.45, 2.75) is 25.8 Å². The fourth-order valence-electron chi connectivity index (χ4n) is 2.66. The highest BCUT2D eigenvalue weighted by molar-refractivity contribution is 5.80. The molecule has 0 saturated carbocycles. The molecule has 1 N–H and O–H groups in total. The Balaban J connectivity index is 1.39. The van der Waals surface area contributed by atoms with Crippen molar-refractivity contribution < 1.29 is 23.8 Å². The van der Waals surface area contributed by atoms with Gasteiger partial charge in [-0.1, -0.05) is 43.3 Å². The van der Waals surface area contributed by atoms with Crippen LogP contribution in [0, 0.1) is 0 Å². The molecule has 6 nitrogen and oxygen atoms in total. The van der Waals surface area contributed by atoms with Gasteiger partial charge in [0.2, 0.25) is 6.79 Å². The number of rotatable bonds is 7. The van der Waals surface area contributed by atoms with E-state index in [1.54, 1.807) is 6.07 Å². The standard InChI is InChI=1S/C20H21NO5/c1-14(16-5-3-2-4-6-16)9-20(23)24-12-19(22)21-11-15-7-8-17-18(10-15)26-13-25-17/h2-8,10,14H,9,11-13H2,1H3,(H,21,22)/t14-/m0/s1. The van der Waals surface area contributed by atoms with Crippen molar-refractivity contribution in [3.05, 3.63) is 59.7 Å². The van der Waals surface area contributed by atoms with Crippen LogP contribution in [-0.2, 0) is 20.9 Å². The average molecular weight is 355 g/mol. The SMILES string of the molecule is C[C@@H](CC(=O)OCC(=O)NCc1ccc2c(c1)OCO2)c1ccccc1. The van der Waals surface area contributed by atoms with Crippen LogP contribution in [0.15, 0.2) is 48.5 Å². The molecule has 1 aliphatic heterocycles. The number of ether oxygens (including phenoxy) is 3. The second-order valence-corrected chi connectivity index (χ2v) is 6.14. The average Bonchev–Trinajstić information content (AvgIpc) is 3.13. The van der Waals surface area contributed by atoms with Crippen LogP contribution in [0.1, 0.15) is 30.4 Å². The summed E-state index contributed by atoms with van der Waals surface area (Å²) < 4.78 is 15.6. The third-order valence-electron chi connectivity index (χ3n) is 4.13. The summed E-state index contributed by atoms with van der Waals surface area (Å²) in [4.78, 5) is 23.8. The predicted molar refractivity (Wildman–Crippen MR) is 94.8 cm³/mol. The lowest BCUT2D eigenvalue weighted by atomic mass is 9.98. The van der Waals surface area contributed by atoms with Crippen LogP contribution in [0.2, 0.25) is 0 Å². The third kappa shape index (κ3) is 4.75. The lowest BCUT2D eigenvalue weighted by Crippen LogP contribution is -2.28. The van der Waals surface area contributed by atoms with Gasteiger partial charge < -0.3 is 19.5 Å². The van der Waals surface area contributed by atoms with Crippen molar-refractivity contribution in [3.63, 3.8) is 0 Å². The summed E-state index contributed by atoms with van der Waals surface area (Å²) >= 11 is 0. The molecule has 2 aromatic rings. The lowest BCUT2D eigenvalue weighted by Gasteiger charge is -2.11. The largest absolute Gasteiger partial charge is 0.456 e. The lowest BCUT2D eigenvalue weighted by molar-refractivity contribution is -0.148. The molecule has 0 radical (unpaired) electrons. The van der Waals surface area contributed by atoms with E-state index in [1.807, 2.05) is 49.4 Å². The van der Waals surface area contributed by atoms with Gasteiger partial charge in [0.15, 0.2) is 18.1 Å². The fraction of sp³-hybridized carbons (Fsp3) is 0.300. The van der Waals surface area contributed by atoms with E-state index in [1.165, 1.54) is 0 Å². The highest BCUT2D eigenvalue weighted by atomic mass is 16.7. The van der Waals surface area contributed by atoms with Crippen molar-refractivity contribution >= 4 is 11.9 Å². The van der Waals surface area contributed by atoms with Gasteiger partial charge in [-0.25, -0.2) is 0 Å². The van der Waals surface area contributed by atoms with E-state index in [0.29, 0.717) is 18.0 Å². The minimum atomic E-state index is -0.389. The monoisotopic (exact) mass is 355 g/mol. The van der Waals surface area contributed by atoms with Crippen LogP contribution in [0.25, 0.3) is 0 Å². The molecule has 0 fully saturated rings. The van der Waals surface area contributed by atoms with E-state index in [4.69, 9.17) is 14.2 Å². The maximum atomic E-state index is 11.9. The van der Waals surface area contributed by atoms with E-state index < -0.39 is 0 Å². The first kappa shape index (κ1) is 17.8. The normalized spacial score (nSPS) is 13.1. The van der Waals surface area contributed by atoms with E-state index in [2.05, 4.69) is 5.32 Å². The minimum absolute atomic E-state index is 0.0420. The van der Waals surface area contributed by atoms with E-state index >= 15 is 0 Å². The second-order valence-electron chi connectivity index (χ2n) is 6.14. The number of benzene rings is 2. The van der Waals surface area contributed by atoms with Crippen molar-refractivity contribution in [1.29, 1.82) is 0 Å². The molecule has 0 aliphatic carbocycles. The van der Waals surface area contributed by atoms with E-state index in [9.17, 15) is 9.59 Å². The van der Waals surface area contributed by atoms with Gasteiger partial charge in [0.05, 0.1) is 6.42 Å². The molecular formula is C20H21NO5. The quantitative estimate of drug-likeness (QED) is 0.773. The van der Waals surface area contributed by atoms with Gasteiger partial charge in [0, 0.05) is 6.54 Å². The Morgan fingerprint density at radius 1 is 1.12 bits per heavy atom. The molecule has 0 bridgehead atoms. The molecule has 0 spiro atoms. The molecular weight excluding hydrogens is 334 g/mol. The Hall–Kier alpha value is -3.02. The number of amides is 1. The smallest absolute Gasteiger partial charge is 0.306 e. The molecule has 1 aliphatic rings. The number of carbonyl (C=O) groups is 2. The van der Waals surface area contributed by atoms with Gasteiger partial charge in [-0.3, -0.25) is 9.59 Å². The summed E-state index contributed by atoms with van der Waals surface area (Å²) in [6.45, 7) is 2.21. The van der Waals surface area contributed by atoms with Crippen LogP contribution < -0.4 is 14.8 Å². The van der Waals surface area contributed by atoms with Crippen molar-refractivity contribution in [1.82, 2.24) is 5.32 Å². The summed E-state index contributed by atoms with van der Waals surface area (Å²) in [5, 5.41) is 2.72. The zero-order valence-corrected chi connectivity index (χ0v) is 14.6. The first-order valence-electron chi connectivity index (χ1n) is 8.47. The van der Waals surface area contributed by atoms with E-state index in [0.717, 1.165) is 11.1 Å². The Morgan fingerprint density at radius 3 is 2.69 bits per heavy atom. The van der Waals surface area contributed by atoms with Crippen LogP contribution in [-0.4, -0.2) is 25.3 Å². The predicted octanol–water partition coefficient (Wildman–Crippen LogP) is 2.77. The molecule has 136 valence electrons. The Kier molecular flexibility index (Phi) is 5.73. The van der Waals surface area contributed by atoms with Crippen LogP contribution in [0.5, 0.6) is 11.5 Å². The van der Waals surface area contributed by atoms with Gasteiger partial charge >= 0.3 is 5.97 Å². The molecule has 0 unspecified atom stereocenters. The first-order chi connectivity index (χ1) is 12.6. The van der Waals surface area contributed by atoms with Gasteiger partial charge in [-0.15, -0.1) is 0 Å². The molecule has 3 rings (SSSR count). The molecule has 1 amide bonds. The number of nitrogens with one attached hydrogen (secondary N) is 1. The summed E-state index contributed by atoms with van der Waals surface area (Å²) in [7, 11) is 0. The van der Waals surface area contributed by atoms with Gasteiger partial charge in [-0.05, 0) is 29.2 Å². The highest BCUT2D eigenvalue weighted by Crippen LogP contribution is 2.32. The Bertz CT molecular complexity index is 775. The van der Waals surface area contributed by atoms with Crippen LogP contribution in [0.4, 0.5) is 0 Å². The molecule has 1 atom stereocenters. The number of hydrogen-bond donors (Lipinski definition) is 1. The summed E-state index contributed by atoms with van der Waals surface area (Å²) in [5.41, 5.74) is 1.95. The molecule has 1 heterocycles. The zero-order chi connectivity index (χ0) is 18.4. The van der Waals surface area contributed by atoms with Crippen LogP contribution >= 0.6 is 0 Å². The van der Waals surface area contributed by atoms with Crippen molar-refractivity contribution in [2.75, 3.05) is 13.4 Å². The second kappa shape index (κ2) is 8.38. The topological polar surface area (TPSA) is 73.9 Å². The summed E-state index contributed by atoms with van der Waals surface area (Å²) in [6.07, 6.45) is 0.236. The summed E-state index contributed by atoms with van der Waals surface area (Å²) in [6, 6.07) is 15.2.